The van der Waals surface area contributed by atoms with Gasteiger partial charge in [0.25, 0.3) is 5.91 Å². The van der Waals surface area contributed by atoms with Crippen LogP contribution in [-0.2, 0) is 16.0 Å². The van der Waals surface area contributed by atoms with Gasteiger partial charge in [-0.05, 0) is 70.2 Å². The number of rotatable bonds is 6. The summed E-state index contributed by atoms with van der Waals surface area (Å²) < 4.78 is 5.75. The second-order valence-electron chi connectivity index (χ2n) is 8.29. The van der Waals surface area contributed by atoms with E-state index in [0.717, 1.165) is 31.4 Å². The molecule has 2 saturated heterocycles. The third-order valence-electron chi connectivity index (χ3n) is 6.32. The largest absolute Gasteiger partial charge is 0.492 e. The molecule has 0 atom stereocenters. The fraction of sp³-hybridized carbons (Fsp3) is 0.522. The number of hydrogen-bond donors (Lipinski definition) is 3. The van der Waals surface area contributed by atoms with Crippen molar-refractivity contribution in [1.29, 1.82) is 0 Å². The highest BCUT2D eigenvalue weighted by Gasteiger charge is 2.43. The van der Waals surface area contributed by atoms with Gasteiger partial charge in [0.2, 0.25) is 0 Å². The van der Waals surface area contributed by atoms with E-state index in [4.69, 9.17) is 26.6 Å². The van der Waals surface area contributed by atoms with Crippen molar-refractivity contribution in [1.82, 2.24) is 10.2 Å². The molecule has 3 heterocycles. The summed E-state index contributed by atoms with van der Waals surface area (Å²) in [6.45, 7) is 3.84. The third-order valence-corrected chi connectivity index (χ3v) is 6.68. The molecule has 0 spiro atoms. The summed E-state index contributed by atoms with van der Waals surface area (Å²) in [5, 5.41) is 19.4. The van der Waals surface area contributed by atoms with E-state index in [2.05, 4.69) is 10.2 Å². The molecule has 8 nitrogen and oxygen atoms in total. The minimum Gasteiger partial charge on any atom is -0.492 e. The number of hydrogen-bond acceptors (Lipinski definition) is 5. The normalized spacial score (nSPS) is 18.8. The molecule has 0 aliphatic carbocycles. The number of fused-ring (bicyclic) bond motifs is 2. The van der Waals surface area contributed by atoms with Gasteiger partial charge in [0.15, 0.2) is 0 Å². The zero-order valence-electron chi connectivity index (χ0n) is 17.9. The number of carbonyl (C=O) groups is 3. The summed E-state index contributed by atoms with van der Waals surface area (Å²) in [5.74, 6) is -1.86. The number of nitrogens with zero attached hydrogens (tertiary/aromatic N) is 1. The van der Waals surface area contributed by atoms with Crippen LogP contribution in [0.5, 0.6) is 5.75 Å². The Hall–Kier alpha value is -2.58. The molecule has 0 aromatic heterocycles. The number of amides is 1. The van der Waals surface area contributed by atoms with Crippen LogP contribution in [0.25, 0.3) is 0 Å². The van der Waals surface area contributed by atoms with Crippen LogP contribution in [0.4, 0.5) is 0 Å². The van der Waals surface area contributed by atoms with Crippen molar-refractivity contribution in [3.63, 3.8) is 0 Å². The van der Waals surface area contributed by atoms with E-state index in [-0.39, 0.29) is 5.91 Å². The maximum Gasteiger partial charge on any atom is 0.328 e. The van der Waals surface area contributed by atoms with Crippen LogP contribution in [0.1, 0.15) is 54.4 Å². The van der Waals surface area contributed by atoms with Crippen molar-refractivity contribution in [3.8, 4) is 5.75 Å². The van der Waals surface area contributed by atoms with Crippen LogP contribution in [-0.4, -0.2) is 64.7 Å². The van der Waals surface area contributed by atoms with Crippen LogP contribution in [0, 0.1) is 0 Å². The molecule has 3 N–H and O–H groups in total. The molecule has 1 amide bonds. The Morgan fingerprint density at radius 2 is 1.75 bits per heavy atom. The van der Waals surface area contributed by atoms with Crippen molar-refractivity contribution in [3.05, 3.63) is 40.4 Å². The van der Waals surface area contributed by atoms with Crippen molar-refractivity contribution in [2.24, 2.45) is 0 Å². The van der Waals surface area contributed by atoms with Gasteiger partial charge >= 0.3 is 11.9 Å². The number of carbonyl (C=O) groups excluding carboxylic acids is 1. The summed E-state index contributed by atoms with van der Waals surface area (Å²) in [5.41, 5.74) is 1.96. The lowest BCUT2D eigenvalue weighted by atomic mass is 9.90. The fourth-order valence-electron chi connectivity index (χ4n) is 4.88. The molecule has 2 fully saturated rings. The second kappa shape index (κ2) is 10.8. The molecule has 1 aromatic carbocycles. The lowest BCUT2D eigenvalue weighted by Gasteiger charge is -2.32. The van der Waals surface area contributed by atoms with Gasteiger partial charge in [-0.25, -0.2) is 9.59 Å². The molecule has 0 bridgehead atoms. The molecule has 1 aromatic rings. The minimum absolute atomic E-state index is 0.0382. The molecule has 3 aliphatic rings. The highest BCUT2D eigenvalue weighted by atomic mass is 35.5. The SMILES string of the molecule is O=C(NCCC12CCCN1CCC2)c1ccc(Cl)c2c1OCCC2.O=C(O)/C=C/C(=O)O. The summed E-state index contributed by atoms with van der Waals surface area (Å²) in [4.78, 5) is 34.4. The minimum atomic E-state index is -1.26. The van der Waals surface area contributed by atoms with Gasteiger partial charge in [0.05, 0.1) is 12.2 Å². The quantitative estimate of drug-likeness (QED) is 0.554. The van der Waals surface area contributed by atoms with Crippen molar-refractivity contribution in [2.75, 3.05) is 26.2 Å². The number of carboxylic acid groups (broad SMARTS) is 2. The fourth-order valence-corrected chi connectivity index (χ4v) is 5.13. The van der Waals surface area contributed by atoms with E-state index in [1.807, 2.05) is 6.07 Å². The number of halogens is 1. The maximum absolute atomic E-state index is 12.6. The third kappa shape index (κ3) is 5.81. The lowest BCUT2D eigenvalue weighted by Crippen LogP contribution is -2.41. The highest BCUT2D eigenvalue weighted by Crippen LogP contribution is 2.41. The summed E-state index contributed by atoms with van der Waals surface area (Å²) in [6.07, 6.45) is 9.16. The molecule has 0 radical (unpaired) electrons. The monoisotopic (exact) mass is 464 g/mol. The van der Waals surface area contributed by atoms with E-state index < -0.39 is 11.9 Å². The average Bonchev–Trinajstić information content (AvgIpc) is 3.33. The van der Waals surface area contributed by atoms with E-state index in [1.165, 1.54) is 38.8 Å². The number of nitrogens with one attached hydrogen (secondary N) is 1. The molecule has 0 unspecified atom stereocenters. The Balaban J connectivity index is 0.000000312. The Labute approximate surface area is 192 Å². The van der Waals surface area contributed by atoms with Crippen LogP contribution >= 0.6 is 11.6 Å². The number of aliphatic carboxylic acids is 2. The summed E-state index contributed by atoms with van der Waals surface area (Å²) >= 11 is 6.25. The predicted octanol–water partition coefficient (Wildman–Crippen LogP) is 3.13. The average molecular weight is 465 g/mol. The molecule has 4 rings (SSSR count). The molecular formula is C23H29ClN2O6. The van der Waals surface area contributed by atoms with E-state index in [9.17, 15) is 14.4 Å². The first kappa shape index (κ1) is 24.1. The topological polar surface area (TPSA) is 116 Å². The first-order valence-corrected chi connectivity index (χ1v) is 11.3. The molecular weight excluding hydrogens is 436 g/mol. The Bertz CT molecular complexity index is 875. The first-order valence-electron chi connectivity index (χ1n) is 10.9. The molecule has 174 valence electrons. The molecule has 0 saturated carbocycles. The predicted molar refractivity (Wildman–Crippen MR) is 119 cm³/mol. The maximum atomic E-state index is 12.6. The van der Waals surface area contributed by atoms with Crippen LogP contribution in [0.2, 0.25) is 5.02 Å². The van der Waals surface area contributed by atoms with E-state index in [1.54, 1.807) is 6.07 Å². The summed E-state index contributed by atoms with van der Waals surface area (Å²) in [6, 6.07) is 3.61. The second-order valence-corrected chi connectivity index (χ2v) is 8.70. The lowest BCUT2D eigenvalue weighted by molar-refractivity contribution is -0.134. The summed E-state index contributed by atoms with van der Waals surface area (Å²) in [7, 11) is 0. The highest BCUT2D eigenvalue weighted by molar-refractivity contribution is 6.31. The van der Waals surface area contributed by atoms with Gasteiger partial charge in [-0.1, -0.05) is 11.6 Å². The first-order chi connectivity index (χ1) is 15.3. The molecule has 3 aliphatic heterocycles. The molecule has 9 heteroatoms. The number of carboxylic acids is 2. The van der Waals surface area contributed by atoms with Crippen molar-refractivity contribution < 1.29 is 29.3 Å². The van der Waals surface area contributed by atoms with Crippen LogP contribution < -0.4 is 10.1 Å². The van der Waals surface area contributed by atoms with Gasteiger partial charge in [-0.3, -0.25) is 9.69 Å². The van der Waals surface area contributed by atoms with Crippen LogP contribution in [0.3, 0.4) is 0 Å². The van der Waals surface area contributed by atoms with Gasteiger partial charge in [0, 0.05) is 34.8 Å². The van der Waals surface area contributed by atoms with Gasteiger partial charge in [0.1, 0.15) is 5.75 Å². The Morgan fingerprint density at radius 1 is 1.09 bits per heavy atom. The van der Waals surface area contributed by atoms with Gasteiger partial charge in [-0.2, -0.15) is 0 Å². The zero-order chi connectivity index (χ0) is 23.1. The van der Waals surface area contributed by atoms with Crippen LogP contribution in [0.15, 0.2) is 24.3 Å². The van der Waals surface area contributed by atoms with E-state index in [0.29, 0.717) is 40.6 Å². The van der Waals surface area contributed by atoms with Gasteiger partial charge in [-0.15, -0.1) is 0 Å². The smallest absolute Gasteiger partial charge is 0.328 e. The van der Waals surface area contributed by atoms with Crippen molar-refractivity contribution >= 4 is 29.4 Å². The number of ether oxygens (including phenoxy) is 1. The Kier molecular flexibility index (Phi) is 8.15. The zero-order valence-corrected chi connectivity index (χ0v) is 18.7. The standard InChI is InChI=1S/C19H25ClN2O2.C4H4O4/c20-16-6-5-15(17-14(16)4-1-13-24-17)18(23)21-10-9-19-7-2-11-22(19)12-3-8-19;5-3(6)1-2-4(7)8/h5-6H,1-4,7-13H2,(H,21,23);1-2H,(H,5,6)(H,7,8)/b;2-1+. The van der Waals surface area contributed by atoms with Crippen molar-refractivity contribution in [2.45, 2.75) is 50.5 Å². The molecule has 32 heavy (non-hydrogen) atoms. The number of benzene rings is 1. The van der Waals surface area contributed by atoms with E-state index >= 15 is 0 Å². The Morgan fingerprint density at radius 3 is 2.38 bits per heavy atom. The van der Waals surface area contributed by atoms with Gasteiger partial charge < -0.3 is 20.3 Å².